The third-order valence-corrected chi connectivity index (χ3v) is 7.74. The Labute approximate surface area is 244 Å². The van der Waals surface area contributed by atoms with Crippen molar-refractivity contribution < 1.29 is 13.9 Å². The van der Waals surface area contributed by atoms with Crippen LogP contribution in [0.1, 0.15) is 58.3 Å². The topological polar surface area (TPSA) is 32.8 Å². The summed E-state index contributed by atoms with van der Waals surface area (Å²) in [6.45, 7) is 8.20. The molecule has 210 valence electrons. The standard InChI is InChI=1S/C32H37FN2O2.2ClH/c1-24-3-2-4-27(19-24)22-34-15-13-25(14-16-34)7-11-31(36)28-8-12-32-29(20-28)23-35(17-18-37-32)21-26-5-9-30(33)10-6-26;;/h2-6,8-10,12,19-20,25H,7,11,13-18,21-23H2,1H3;2*1H. The van der Waals surface area contributed by atoms with Crippen LogP contribution in [0.15, 0.2) is 66.7 Å². The van der Waals surface area contributed by atoms with Crippen molar-refractivity contribution in [3.05, 3.63) is 100 Å². The first-order chi connectivity index (χ1) is 18.0. The van der Waals surface area contributed by atoms with E-state index in [0.29, 0.717) is 25.5 Å². The maximum atomic E-state index is 13.3. The van der Waals surface area contributed by atoms with Gasteiger partial charge in [-0.25, -0.2) is 4.39 Å². The Balaban J connectivity index is 0.00000210. The van der Waals surface area contributed by atoms with E-state index in [0.717, 1.165) is 74.4 Å². The maximum Gasteiger partial charge on any atom is 0.162 e. The van der Waals surface area contributed by atoms with E-state index in [-0.39, 0.29) is 36.4 Å². The smallest absolute Gasteiger partial charge is 0.162 e. The number of ketones is 1. The number of carbonyl (C=O) groups excluding carboxylic acids is 1. The van der Waals surface area contributed by atoms with Crippen LogP contribution in [-0.4, -0.2) is 41.8 Å². The van der Waals surface area contributed by atoms with Crippen molar-refractivity contribution in [2.24, 2.45) is 5.92 Å². The summed E-state index contributed by atoms with van der Waals surface area (Å²) >= 11 is 0. The van der Waals surface area contributed by atoms with Crippen molar-refractivity contribution in [3.8, 4) is 5.75 Å². The van der Waals surface area contributed by atoms with Crippen LogP contribution in [0.5, 0.6) is 5.75 Å². The number of ether oxygens (including phenoxy) is 1. The molecule has 3 aromatic rings. The molecule has 0 amide bonds. The molecule has 7 heteroatoms. The first kappa shape index (κ1) is 31.1. The van der Waals surface area contributed by atoms with E-state index in [4.69, 9.17) is 4.74 Å². The zero-order chi connectivity index (χ0) is 25.6. The van der Waals surface area contributed by atoms with Gasteiger partial charge in [0.25, 0.3) is 0 Å². The average Bonchev–Trinajstić information content (AvgIpc) is 3.10. The van der Waals surface area contributed by atoms with E-state index in [9.17, 15) is 9.18 Å². The summed E-state index contributed by atoms with van der Waals surface area (Å²) in [7, 11) is 0. The van der Waals surface area contributed by atoms with Gasteiger partial charge in [0, 0.05) is 43.7 Å². The Morgan fingerprint density at radius 3 is 2.38 bits per heavy atom. The zero-order valence-electron chi connectivity index (χ0n) is 22.6. The van der Waals surface area contributed by atoms with Gasteiger partial charge in [0.15, 0.2) is 5.78 Å². The minimum Gasteiger partial charge on any atom is -0.492 e. The second-order valence-electron chi connectivity index (χ2n) is 10.7. The Morgan fingerprint density at radius 1 is 0.897 bits per heavy atom. The lowest BCUT2D eigenvalue weighted by Gasteiger charge is -2.32. The lowest BCUT2D eigenvalue weighted by Crippen LogP contribution is -2.33. The molecule has 2 aliphatic rings. The van der Waals surface area contributed by atoms with Gasteiger partial charge in [-0.1, -0.05) is 42.0 Å². The fraction of sp³-hybridized carbons (Fsp3) is 0.406. The second kappa shape index (κ2) is 14.8. The molecule has 0 unspecified atom stereocenters. The molecule has 2 heterocycles. The predicted molar refractivity (Wildman–Crippen MR) is 160 cm³/mol. The van der Waals surface area contributed by atoms with Crippen molar-refractivity contribution in [3.63, 3.8) is 0 Å². The van der Waals surface area contributed by atoms with E-state index in [2.05, 4.69) is 41.0 Å². The van der Waals surface area contributed by atoms with Crippen LogP contribution in [0.2, 0.25) is 0 Å². The molecule has 39 heavy (non-hydrogen) atoms. The molecule has 0 bridgehead atoms. The van der Waals surface area contributed by atoms with Gasteiger partial charge in [0.05, 0.1) is 0 Å². The molecule has 0 atom stereocenters. The van der Waals surface area contributed by atoms with Crippen LogP contribution in [-0.2, 0) is 19.6 Å². The number of benzene rings is 3. The minimum absolute atomic E-state index is 0. The van der Waals surface area contributed by atoms with Crippen LogP contribution >= 0.6 is 24.8 Å². The van der Waals surface area contributed by atoms with Gasteiger partial charge in [0.2, 0.25) is 0 Å². The van der Waals surface area contributed by atoms with Crippen LogP contribution in [0.25, 0.3) is 0 Å². The SMILES string of the molecule is Cc1cccc(CN2CCC(CCC(=O)c3ccc4c(c3)CN(Cc3ccc(F)cc3)CCO4)CC2)c1.Cl.Cl. The highest BCUT2D eigenvalue weighted by atomic mass is 35.5. The van der Waals surface area contributed by atoms with E-state index in [1.54, 1.807) is 0 Å². The molecule has 0 spiro atoms. The van der Waals surface area contributed by atoms with E-state index < -0.39 is 0 Å². The van der Waals surface area contributed by atoms with Crippen molar-refractivity contribution in [2.75, 3.05) is 26.2 Å². The zero-order valence-corrected chi connectivity index (χ0v) is 24.2. The molecule has 0 radical (unpaired) electrons. The van der Waals surface area contributed by atoms with Crippen LogP contribution in [0.4, 0.5) is 4.39 Å². The van der Waals surface area contributed by atoms with Gasteiger partial charge < -0.3 is 4.74 Å². The number of aryl methyl sites for hydroxylation is 1. The Kier molecular flexibility index (Phi) is 11.8. The maximum absolute atomic E-state index is 13.3. The predicted octanol–water partition coefficient (Wildman–Crippen LogP) is 7.25. The number of halogens is 3. The van der Waals surface area contributed by atoms with Gasteiger partial charge in [0.1, 0.15) is 18.2 Å². The third-order valence-electron chi connectivity index (χ3n) is 7.74. The average molecular weight is 574 g/mol. The lowest BCUT2D eigenvalue weighted by molar-refractivity contribution is 0.0961. The van der Waals surface area contributed by atoms with Gasteiger partial charge in [-0.2, -0.15) is 0 Å². The fourth-order valence-electron chi connectivity index (χ4n) is 5.59. The Morgan fingerprint density at radius 2 is 1.64 bits per heavy atom. The first-order valence-corrected chi connectivity index (χ1v) is 13.6. The quantitative estimate of drug-likeness (QED) is 0.266. The summed E-state index contributed by atoms with van der Waals surface area (Å²) in [6, 6.07) is 21.3. The number of carbonyl (C=O) groups is 1. The van der Waals surface area contributed by atoms with E-state index in [1.165, 1.54) is 23.3 Å². The lowest BCUT2D eigenvalue weighted by atomic mass is 9.90. The highest BCUT2D eigenvalue weighted by Crippen LogP contribution is 2.28. The number of hydrogen-bond acceptors (Lipinski definition) is 4. The van der Waals surface area contributed by atoms with Crippen molar-refractivity contribution in [1.29, 1.82) is 0 Å². The molecule has 0 saturated carbocycles. The summed E-state index contributed by atoms with van der Waals surface area (Å²) in [5, 5.41) is 0. The monoisotopic (exact) mass is 572 g/mol. The summed E-state index contributed by atoms with van der Waals surface area (Å²) in [5.74, 6) is 1.48. The number of piperidine rings is 1. The van der Waals surface area contributed by atoms with Crippen molar-refractivity contribution in [2.45, 2.75) is 52.2 Å². The molecular formula is C32H39Cl2FN2O2. The molecule has 0 aliphatic carbocycles. The van der Waals surface area contributed by atoms with Crippen molar-refractivity contribution in [1.82, 2.24) is 9.80 Å². The molecular weight excluding hydrogens is 534 g/mol. The highest BCUT2D eigenvalue weighted by molar-refractivity contribution is 5.96. The minimum atomic E-state index is -0.218. The second-order valence-corrected chi connectivity index (χ2v) is 10.7. The molecule has 3 aromatic carbocycles. The third kappa shape index (κ3) is 8.77. The number of likely N-dealkylation sites (tertiary alicyclic amines) is 1. The van der Waals surface area contributed by atoms with Crippen LogP contribution < -0.4 is 4.74 Å². The summed E-state index contributed by atoms with van der Waals surface area (Å²) in [5.41, 5.74) is 5.60. The molecule has 0 N–H and O–H groups in total. The van der Waals surface area contributed by atoms with Gasteiger partial charge in [-0.05, 0) is 86.7 Å². The molecule has 1 saturated heterocycles. The van der Waals surface area contributed by atoms with Crippen molar-refractivity contribution >= 4 is 30.6 Å². The van der Waals surface area contributed by atoms with Gasteiger partial charge in [-0.15, -0.1) is 24.8 Å². The molecule has 2 aliphatic heterocycles. The van der Waals surface area contributed by atoms with Crippen LogP contribution in [0, 0.1) is 18.7 Å². The summed E-state index contributed by atoms with van der Waals surface area (Å²) < 4.78 is 19.2. The van der Waals surface area contributed by atoms with E-state index in [1.807, 2.05) is 30.3 Å². The number of nitrogens with zero attached hydrogens (tertiary/aromatic N) is 2. The fourth-order valence-corrected chi connectivity index (χ4v) is 5.59. The Bertz CT molecular complexity index is 1210. The Hall–Kier alpha value is -2.44. The molecule has 1 fully saturated rings. The number of Topliss-reactive ketones (excluding diaryl/α,β-unsaturated/α-hetero) is 1. The summed E-state index contributed by atoms with van der Waals surface area (Å²) in [6.07, 6.45) is 3.88. The molecule has 0 aromatic heterocycles. The largest absolute Gasteiger partial charge is 0.492 e. The van der Waals surface area contributed by atoms with Gasteiger partial charge >= 0.3 is 0 Å². The molecule has 4 nitrogen and oxygen atoms in total. The van der Waals surface area contributed by atoms with E-state index >= 15 is 0 Å². The molecule has 5 rings (SSSR count). The number of rotatable bonds is 8. The van der Waals surface area contributed by atoms with Crippen LogP contribution in [0.3, 0.4) is 0 Å². The highest BCUT2D eigenvalue weighted by Gasteiger charge is 2.22. The number of hydrogen-bond donors (Lipinski definition) is 0. The normalized spacial score (nSPS) is 16.3. The number of fused-ring (bicyclic) bond motifs is 1. The van der Waals surface area contributed by atoms with Gasteiger partial charge in [-0.3, -0.25) is 14.6 Å². The first-order valence-electron chi connectivity index (χ1n) is 13.6. The summed E-state index contributed by atoms with van der Waals surface area (Å²) in [4.78, 5) is 17.9.